The number of rotatable bonds is 0. The van der Waals surface area contributed by atoms with E-state index in [1.54, 1.807) is 3.97 Å². The summed E-state index contributed by atoms with van der Waals surface area (Å²) in [5, 5.41) is 2.41. The van der Waals surface area contributed by atoms with Gasteiger partial charge in [0.1, 0.15) is 0 Å². The zero-order valence-electron chi connectivity index (χ0n) is 5.32. The van der Waals surface area contributed by atoms with E-state index >= 15 is 0 Å². The van der Waals surface area contributed by atoms with Crippen LogP contribution in [0.1, 0.15) is 0 Å². The molecule has 0 N–H and O–H groups in total. The van der Waals surface area contributed by atoms with Crippen LogP contribution in [0.5, 0.6) is 0 Å². The van der Waals surface area contributed by atoms with Gasteiger partial charge in [0, 0.05) is 36.0 Å². The van der Waals surface area contributed by atoms with Crippen LogP contribution >= 0.6 is 12.8 Å². The first kappa shape index (κ1) is 5.74. The third-order valence-corrected chi connectivity index (χ3v) is 1.74. The number of benzene rings is 1. The fourth-order valence-electron chi connectivity index (χ4n) is 1.06. The van der Waals surface area contributed by atoms with Gasteiger partial charge in [0.25, 0.3) is 0 Å². The second-order valence-corrected chi connectivity index (χ2v) is 2.67. The summed E-state index contributed by atoms with van der Waals surface area (Å²) in [6.07, 6.45) is 3.87. The fraction of sp³-hybridized carbons (Fsp3) is 0. The van der Waals surface area contributed by atoms with Crippen LogP contribution in [0.3, 0.4) is 0 Å². The molecule has 2 rings (SSSR count). The lowest BCUT2D eigenvalue weighted by atomic mass is 10.2. The van der Waals surface area contributed by atoms with Gasteiger partial charge in [0.2, 0.25) is 0 Å². The molecular formula is C8H6NS. The van der Waals surface area contributed by atoms with Gasteiger partial charge in [-0.15, -0.1) is 0 Å². The molecule has 1 aromatic heterocycles. The average molecular weight is 148 g/mol. The lowest BCUT2D eigenvalue weighted by Crippen LogP contribution is -1.64. The molecule has 2 heteroatoms. The van der Waals surface area contributed by atoms with E-state index in [2.05, 4.69) is 12.1 Å². The molecule has 0 aliphatic rings. The Morgan fingerprint density at radius 1 is 1.00 bits per heavy atom. The Bertz CT molecular complexity index is 318. The van der Waals surface area contributed by atoms with Crippen molar-refractivity contribution >= 4 is 23.6 Å². The molecule has 0 amide bonds. The molecule has 1 nitrogen and oxygen atoms in total. The van der Waals surface area contributed by atoms with Crippen molar-refractivity contribution in [3.8, 4) is 0 Å². The highest BCUT2D eigenvalue weighted by Crippen LogP contribution is 2.14. The van der Waals surface area contributed by atoms with Crippen molar-refractivity contribution in [2.45, 2.75) is 0 Å². The van der Waals surface area contributed by atoms with E-state index in [-0.39, 0.29) is 0 Å². The zero-order chi connectivity index (χ0) is 6.97. The van der Waals surface area contributed by atoms with Crippen molar-refractivity contribution in [3.63, 3.8) is 0 Å². The molecule has 0 spiro atoms. The van der Waals surface area contributed by atoms with Crippen LogP contribution in [0.2, 0.25) is 0 Å². The third-order valence-electron chi connectivity index (χ3n) is 1.53. The van der Waals surface area contributed by atoms with E-state index in [0.29, 0.717) is 0 Å². The first-order valence-corrected chi connectivity index (χ1v) is 3.47. The Morgan fingerprint density at radius 2 is 1.50 bits per heavy atom. The highest BCUT2D eigenvalue weighted by molar-refractivity contribution is 7.78. The van der Waals surface area contributed by atoms with Crippen molar-refractivity contribution in [3.05, 3.63) is 36.7 Å². The van der Waals surface area contributed by atoms with Crippen molar-refractivity contribution in [2.75, 3.05) is 0 Å². The molecule has 0 saturated carbocycles. The number of nitrogens with zero attached hydrogens (tertiary/aromatic N) is 1. The summed E-state index contributed by atoms with van der Waals surface area (Å²) in [4.78, 5) is 0. The van der Waals surface area contributed by atoms with Crippen LogP contribution in [0, 0.1) is 0 Å². The Hall–Kier alpha value is -1.02. The molecule has 2 aromatic rings. The highest BCUT2D eigenvalue weighted by Gasteiger charge is 1.92. The molecular weight excluding hydrogens is 142 g/mol. The van der Waals surface area contributed by atoms with Gasteiger partial charge in [-0.05, 0) is 0 Å². The lowest BCUT2D eigenvalue weighted by Gasteiger charge is -1.81. The summed E-state index contributed by atoms with van der Waals surface area (Å²) in [5.74, 6) is 0. The predicted octanol–water partition coefficient (Wildman–Crippen LogP) is 2.60. The van der Waals surface area contributed by atoms with E-state index < -0.39 is 0 Å². The topological polar surface area (TPSA) is 4.93 Å². The normalized spacial score (nSPS) is 10.4. The van der Waals surface area contributed by atoms with E-state index in [4.69, 9.17) is 12.8 Å². The quantitative estimate of drug-likeness (QED) is 0.541. The highest BCUT2D eigenvalue weighted by atomic mass is 32.1. The van der Waals surface area contributed by atoms with E-state index in [1.165, 1.54) is 10.8 Å². The maximum atomic E-state index is 4.93. The number of hydrogen-bond acceptors (Lipinski definition) is 0. The number of fused-ring (bicyclic) bond motifs is 1. The molecule has 10 heavy (non-hydrogen) atoms. The van der Waals surface area contributed by atoms with Crippen LogP contribution in [0.25, 0.3) is 10.8 Å². The molecule has 0 unspecified atom stereocenters. The fourth-order valence-corrected chi connectivity index (χ4v) is 1.28. The third kappa shape index (κ3) is 0.772. The summed E-state index contributed by atoms with van der Waals surface area (Å²) in [7, 11) is 0. The van der Waals surface area contributed by atoms with Crippen LogP contribution in [0.15, 0.2) is 36.7 Å². The van der Waals surface area contributed by atoms with Crippen LogP contribution < -0.4 is 0 Å². The van der Waals surface area contributed by atoms with Crippen molar-refractivity contribution in [2.24, 2.45) is 0 Å². The lowest BCUT2D eigenvalue weighted by molar-refractivity contribution is 1.32. The number of hydrogen-bond donors (Lipinski definition) is 0. The van der Waals surface area contributed by atoms with Crippen molar-refractivity contribution in [1.82, 2.24) is 3.97 Å². The molecule has 0 aliphatic carbocycles. The van der Waals surface area contributed by atoms with Crippen LogP contribution in [0.4, 0.5) is 0 Å². The van der Waals surface area contributed by atoms with Gasteiger partial charge in [-0.3, -0.25) is 3.97 Å². The maximum Gasteiger partial charge on any atom is 0.0285 e. The number of aromatic nitrogens is 1. The van der Waals surface area contributed by atoms with E-state index in [0.717, 1.165) is 0 Å². The maximum absolute atomic E-state index is 4.93. The smallest absolute Gasteiger partial charge is 0.0285 e. The largest absolute Gasteiger partial charge is 0.270 e. The minimum Gasteiger partial charge on any atom is -0.270 e. The van der Waals surface area contributed by atoms with Gasteiger partial charge in [0.15, 0.2) is 0 Å². The molecule has 49 valence electrons. The standard InChI is InChI=1S/C8H6NS/c10-9-5-7-3-1-2-4-8(7)6-9/h1-6H. The molecule has 0 bridgehead atoms. The second kappa shape index (κ2) is 1.99. The van der Waals surface area contributed by atoms with Crippen molar-refractivity contribution < 1.29 is 0 Å². The van der Waals surface area contributed by atoms with Crippen molar-refractivity contribution in [1.29, 1.82) is 0 Å². The summed E-state index contributed by atoms with van der Waals surface area (Å²) in [5.41, 5.74) is 0. The van der Waals surface area contributed by atoms with E-state index in [1.807, 2.05) is 24.5 Å². The average Bonchev–Trinajstić information content (AvgIpc) is 2.27. The first-order valence-electron chi connectivity index (χ1n) is 3.10. The SMILES string of the molecule is [S]n1cc2ccccc2c1. The van der Waals surface area contributed by atoms with E-state index in [9.17, 15) is 0 Å². The van der Waals surface area contributed by atoms with Gasteiger partial charge in [-0.25, -0.2) is 0 Å². The monoisotopic (exact) mass is 148 g/mol. The Morgan fingerprint density at radius 3 is 2.00 bits per heavy atom. The van der Waals surface area contributed by atoms with Gasteiger partial charge in [-0.1, -0.05) is 24.3 Å². The van der Waals surface area contributed by atoms with Gasteiger partial charge >= 0.3 is 0 Å². The molecule has 1 heterocycles. The molecule has 1 aromatic carbocycles. The Labute approximate surface area is 64.8 Å². The molecule has 0 aliphatic heterocycles. The van der Waals surface area contributed by atoms with Crippen LogP contribution in [-0.4, -0.2) is 3.97 Å². The molecule has 1 radical (unpaired) electrons. The minimum atomic E-state index is 1.21. The van der Waals surface area contributed by atoms with Gasteiger partial charge in [0.05, 0.1) is 0 Å². The molecule has 0 saturated heterocycles. The van der Waals surface area contributed by atoms with Crippen LogP contribution in [-0.2, 0) is 0 Å². The summed E-state index contributed by atoms with van der Waals surface area (Å²) < 4.78 is 1.66. The summed E-state index contributed by atoms with van der Waals surface area (Å²) in [6.45, 7) is 0. The Kier molecular flexibility index (Phi) is 1.14. The van der Waals surface area contributed by atoms with Gasteiger partial charge in [-0.2, -0.15) is 0 Å². The molecule has 0 atom stereocenters. The second-order valence-electron chi connectivity index (χ2n) is 2.25. The summed E-state index contributed by atoms with van der Waals surface area (Å²) in [6, 6.07) is 8.13. The van der Waals surface area contributed by atoms with Gasteiger partial charge < -0.3 is 0 Å². The zero-order valence-corrected chi connectivity index (χ0v) is 6.14. The Balaban J connectivity index is 2.88. The minimum absolute atomic E-state index is 1.21. The molecule has 0 fully saturated rings. The first-order chi connectivity index (χ1) is 4.86. The predicted molar refractivity (Wildman–Crippen MR) is 44.9 cm³/mol. The summed E-state index contributed by atoms with van der Waals surface area (Å²) >= 11 is 4.93.